The maximum Gasteiger partial charge on any atom is 0.264 e. The highest BCUT2D eigenvalue weighted by Gasteiger charge is 2.39. The molecule has 1 unspecified atom stereocenters. The number of nitrogens with zero attached hydrogens (tertiary/aromatic N) is 1. The molecular formula is C19H20N2O6S. The molecule has 0 aliphatic carbocycles. The van der Waals surface area contributed by atoms with Gasteiger partial charge >= 0.3 is 0 Å². The summed E-state index contributed by atoms with van der Waals surface area (Å²) in [5.74, 6) is 4.85. The van der Waals surface area contributed by atoms with Gasteiger partial charge in [-0.2, -0.15) is 8.42 Å². The third kappa shape index (κ3) is 4.58. The van der Waals surface area contributed by atoms with Gasteiger partial charge in [0.25, 0.3) is 16.0 Å². The summed E-state index contributed by atoms with van der Waals surface area (Å²) in [7, 11) is -3.46. The van der Waals surface area contributed by atoms with Crippen LogP contribution in [0.25, 0.3) is 0 Å². The zero-order valence-electron chi connectivity index (χ0n) is 15.4. The molecule has 2 aliphatic rings. The van der Waals surface area contributed by atoms with Crippen LogP contribution in [0.4, 0.5) is 0 Å². The predicted molar refractivity (Wildman–Crippen MR) is 99.4 cm³/mol. The van der Waals surface area contributed by atoms with Crippen LogP contribution in [0.3, 0.4) is 0 Å². The Hall–Kier alpha value is -2.70. The fourth-order valence-electron chi connectivity index (χ4n) is 3.25. The van der Waals surface area contributed by atoms with Crippen LogP contribution in [0, 0.1) is 11.8 Å². The first kappa shape index (κ1) is 20.0. The minimum absolute atomic E-state index is 0.0582. The molecule has 28 heavy (non-hydrogen) atoms. The Morgan fingerprint density at radius 3 is 2.79 bits per heavy atom. The summed E-state index contributed by atoms with van der Waals surface area (Å²) in [6.45, 7) is 0.362. The monoisotopic (exact) mass is 404 g/mol. The zero-order chi connectivity index (χ0) is 20.3. The first-order valence-corrected chi connectivity index (χ1v) is 10.7. The Bertz CT molecular complexity index is 989. The van der Waals surface area contributed by atoms with Gasteiger partial charge in [-0.25, -0.2) is 0 Å². The van der Waals surface area contributed by atoms with E-state index >= 15 is 0 Å². The summed E-state index contributed by atoms with van der Waals surface area (Å²) >= 11 is 0. The van der Waals surface area contributed by atoms with Crippen LogP contribution in [0.15, 0.2) is 18.2 Å². The number of carbonyl (C=O) groups is 3. The van der Waals surface area contributed by atoms with Crippen molar-refractivity contribution in [1.29, 1.82) is 0 Å². The van der Waals surface area contributed by atoms with Crippen molar-refractivity contribution in [2.75, 3.05) is 12.9 Å². The lowest BCUT2D eigenvalue weighted by Crippen LogP contribution is -2.52. The van der Waals surface area contributed by atoms with Crippen molar-refractivity contribution in [3.8, 4) is 11.8 Å². The van der Waals surface area contributed by atoms with E-state index in [0.717, 1.165) is 11.8 Å². The fraction of sp³-hybridized carbons (Fsp3) is 0.421. The lowest BCUT2D eigenvalue weighted by Gasteiger charge is -2.29. The van der Waals surface area contributed by atoms with E-state index in [1.165, 1.54) is 4.90 Å². The lowest BCUT2D eigenvalue weighted by atomic mass is 10.0. The number of fused-ring (bicyclic) bond motifs is 1. The van der Waals surface area contributed by atoms with Gasteiger partial charge in [0.15, 0.2) is 0 Å². The number of hydrogen-bond donors (Lipinski definition) is 1. The van der Waals surface area contributed by atoms with Crippen LogP contribution in [0.5, 0.6) is 0 Å². The molecule has 148 valence electrons. The molecule has 1 N–H and O–H groups in total. The van der Waals surface area contributed by atoms with Gasteiger partial charge in [0.05, 0.1) is 18.4 Å². The summed E-state index contributed by atoms with van der Waals surface area (Å²) in [6, 6.07) is 4.71. The number of hydrogen-bond acceptors (Lipinski definition) is 6. The maximum atomic E-state index is 12.9. The van der Waals surface area contributed by atoms with E-state index in [9.17, 15) is 22.8 Å². The lowest BCUT2D eigenvalue weighted by molar-refractivity contribution is -0.136. The number of benzene rings is 1. The van der Waals surface area contributed by atoms with Crippen LogP contribution in [-0.4, -0.2) is 49.9 Å². The molecule has 0 aromatic heterocycles. The van der Waals surface area contributed by atoms with E-state index in [1.807, 2.05) is 6.07 Å². The van der Waals surface area contributed by atoms with E-state index in [-0.39, 0.29) is 24.8 Å². The Labute approximate surface area is 163 Å². The second-order valence-corrected chi connectivity index (χ2v) is 8.32. The summed E-state index contributed by atoms with van der Waals surface area (Å²) < 4.78 is 26.5. The third-order valence-electron chi connectivity index (χ3n) is 4.52. The maximum absolute atomic E-state index is 12.9. The van der Waals surface area contributed by atoms with Crippen LogP contribution in [-0.2, 0) is 30.4 Å². The highest BCUT2D eigenvalue weighted by molar-refractivity contribution is 7.85. The van der Waals surface area contributed by atoms with Gasteiger partial charge in [0.1, 0.15) is 6.04 Å². The molecule has 1 aromatic carbocycles. The second-order valence-electron chi connectivity index (χ2n) is 6.67. The summed E-state index contributed by atoms with van der Waals surface area (Å²) in [6.07, 6.45) is 2.38. The molecule has 2 aliphatic heterocycles. The van der Waals surface area contributed by atoms with Gasteiger partial charge in [-0.3, -0.25) is 23.9 Å². The molecule has 9 heteroatoms. The molecule has 1 fully saturated rings. The SMILES string of the molecule is CS(=O)(=O)OCCCC#Cc1cccc2c1C(=O)N(C1CCC(=O)NC1=O)C2. The minimum Gasteiger partial charge on any atom is -0.322 e. The molecular weight excluding hydrogens is 384 g/mol. The molecule has 0 bridgehead atoms. The van der Waals surface area contributed by atoms with E-state index < -0.39 is 22.1 Å². The highest BCUT2D eigenvalue weighted by atomic mass is 32.2. The molecule has 0 radical (unpaired) electrons. The van der Waals surface area contributed by atoms with Crippen molar-refractivity contribution in [2.24, 2.45) is 0 Å². The van der Waals surface area contributed by atoms with Crippen LogP contribution in [0.1, 0.15) is 47.2 Å². The molecule has 3 rings (SSSR count). The van der Waals surface area contributed by atoms with Crippen molar-refractivity contribution >= 4 is 27.8 Å². The van der Waals surface area contributed by atoms with Crippen molar-refractivity contribution in [2.45, 2.75) is 38.3 Å². The zero-order valence-corrected chi connectivity index (χ0v) is 16.2. The standard InChI is InChI=1S/C19H20N2O6S/c1-28(25,26)27-11-4-2-3-6-13-7-5-8-14-12-21(19(24)17(13)14)15-9-10-16(22)20-18(15)23/h5,7-8,15H,2,4,9-12H2,1H3,(H,20,22,23). The van der Waals surface area contributed by atoms with Gasteiger partial charge < -0.3 is 4.90 Å². The average Bonchev–Trinajstić information content (AvgIpc) is 2.94. The summed E-state index contributed by atoms with van der Waals surface area (Å²) in [5, 5.41) is 2.28. The van der Waals surface area contributed by atoms with Crippen molar-refractivity contribution in [1.82, 2.24) is 10.2 Å². The van der Waals surface area contributed by atoms with Crippen molar-refractivity contribution in [3.05, 3.63) is 34.9 Å². The van der Waals surface area contributed by atoms with Gasteiger partial charge in [-0.15, -0.1) is 0 Å². The summed E-state index contributed by atoms with van der Waals surface area (Å²) in [5.41, 5.74) is 1.84. The van der Waals surface area contributed by atoms with Crippen molar-refractivity contribution in [3.63, 3.8) is 0 Å². The number of rotatable bonds is 5. The normalized spacial score (nSPS) is 19.1. The largest absolute Gasteiger partial charge is 0.322 e. The van der Waals surface area contributed by atoms with Gasteiger partial charge in [0, 0.05) is 24.9 Å². The number of piperidine rings is 1. The number of carbonyl (C=O) groups excluding carboxylic acids is 3. The molecule has 2 heterocycles. The van der Waals surface area contributed by atoms with E-state index in [0.29, 0.717) is 36.9 Å². The molecule has 3 amide bonds. The number of unbranched alkanes of at least 4 members (excludes halogenated alkanes) is 1. The molecule has 0 spiro atoms. The van der Waals surface area contributed by atoms with Crippen LogP contribution < -0.4 is 5.32 Å². The molecule has 1 saturated heterocycles. The quantitative estimate of drug-likeness (QED) is 0.332. The Morgan fingerprint density at radius 2 is 2.07 bits per heavy atom. The predicted octanol–water partition coefficient (Wildman–Crippen LogP) is 0.555. The van der Waals surface area contributed by atoms with E-state index in [1.54, 1.807) is 12.1 Å². The Morgan fingerprint density at radius 1 is 1.29 bits per heavy atom. The number of amides is 3. The Balaban J connectivity index is 1.69. The smallest absolute Gasteiger partial charge is 0.264 e. The number of imide groups is 1. The Kier molecular flexibility index (Phi) is 5.82. The van der Waals surface area contributed by atoms with Crippen LogP contribution in [0.2, 0.25) is 0 Å². The molecule has 1 atom stereocenters. The first-order chi connectivity index (χ1) is 13.3. The minimum atomic E-state index is -3.46. The first-order valence-electron chi connectivity index (χ1n) is 8.86. The van der Waals surface area contributed by atoms with E-state index in [4.69, 9.17) is 0 Å². The fourth-order valence-corrected chi connectivity index (χ4v) is 3.67. The molecule has 1 aromatic rings. The second kappa shape index (κ2) is 8.12. The van der Waals surface area contributed by atoms with E-state index in [2.05, 4.69) is 21.3 Å². The van der Waals surface area contributed by atoms with Gasteiger partial charge in [0.2, 0.25) is 11.8 Å². The van der Waals surface area contributed by atoms with Crippen LogP contribution >= 0.6 is 0 Å². The average molecular weight is 404 g/mol. The molecule has 0 saturated carbocycles. The topological polar surface area (TPSA) is 110 Å². The highest BCUT2D eigenvalue weighted by Crippen LogP contribution is 2.29. The summed E-state index contributed by atoms with van der Waals surface area (Å²) in [4.78, 5) is 37.8. The van der Waals surface area contributed by atoms with Crippen molar-refractivity contribution < 1.29 is 27.0 Å². The third-order valence-corrected chi connectivity index (χ3v) is 5.11. The number of nitrogens with one attached hydrogen (secondary N) is 1. The molecule has 8 nitrogen and oxygen atoms in total. The van der Waals surface area contributed by atoms with Gasteiger partial charge in [-0.05, 0) is 24.5 Å². The van der Waals surface area contributed by atoms with Gasteiger partial charge in [-0.1, -0.05) is 24.0 Å².